The molecule has 158 valence electrons. The molecule has 31 heavy (non-hydrogen) atoms. The Kier molecular flexibility index (Phi) is 6.81. The zero-order chi connectivity index (χ0) is 22.4. The number of sulfonamides is 1. The van der Waals surface area contributed by atoms with Crippen LogP contribution in [0.5, 0.6) is 0 Å². The summed E-state index contributed by atoms with van der Waals surface area (Å²) in [4.78, 5) is 29.6. The molecule has 3 rings (SSSR count). The summed E-state index contributed by atoms with van der Waals surface area (Å²) in [6, 6.07) is 17.1. The number of amides is 2. The van der Waals surface area contributed by atoms with Crippen LogP contribution in [0.1, 0.15) is 5.56 Å². The van der Waals surface area contributed by atoms with Crippen LogP contribution in [0.3, 0.4) is 0 Å². The molecule has 0 radical (unpaired) electrons. The van der Waals surface area contributed by atoms with E-state index in [1.54, 1.807) is 42.5 Å². The van der Waals surface area contributed by atoms with E-state index in [0.29, 0.717) is 11.3 Å². The summed E-state index contributed by atoms with van der Waals surface area (Å²) in [5.74, 6) is -1.39. The number of rotatable bonds is 6. The number of anilines is 2. The van der Waals surface area contributed by atoms with Crippen molar-refractivity contribution in [3.8, 4) is 0 Å². The third kappa shape index (κ3) is 5.98. The van der Waals surface area contributed by atoms with Crippen LogP contribution < -0.4 is 15.8 Å². The first-order valence-electron chi connectivity index (χ1n) is 8.87. The van der Waals surface area contributed by atoms with Gasteiger partial charge in [0.25, 0.3) is 11.8 Å². The maximum atomic E-state index is 12.9. The summed E-state index contributed by atoms with van der Waals surface area (Å²) in [5.41, 5.74) is 0.922. The Morgan fingerprint density at radius 1 is 0.871 bits per heavy atom. The molecule has 0 aliphatic rings. The summed E-state index contributed by atoms with van der Waals surface area (Å²) in [6.45, 7) is 0. The lowest BCUT2D eigenvalue weighted by molar-refractivity contribution is -0.118. The van der Waals surface area contributed by atoms with Crippen molar-refractivity contribution in [1.29, 1.82) is 0 Å². The van der Waals surface area contributed by atoms with E-state index in [1.165, 1.54) is 36.5 Å². The van der Waals surface area contributed by atoms with Crippen molar-refractivity contribution in [3.05, 3.63) is 89.2 Å². The largest absolute Gasteiger partial charge is 0.322 e. The molecule has 0 saturated heterocycles. The van der Waals surface area contributed by atoms with Crippen molar-refractivity contribution in [3.63, 3.8) is 0 Å². The van der Waals surface area contributed by atoms with E-state index in [4.69, 9.17) is 16.7 Å². The Bertz CT molecular complexity index is 1240. The van der Waals surface area contributed by atoms with E-state index < -0.39 is 21.8 Å². The van der Waals surface area contributed by atoms with Gasteiger partial charge >= 0.3 is 0 Å². The maximum Gasteiger partial charge on any atom is 0.261 e. The van der Waals surface area contributed by atoms with Crippen molar-refractivity contribution in [1.82, 2.24) is 4.98 Å². The minimum Gasteiger partial charge on any atom is -0.322 e. The number of para-hydroxylation sites is 1. The van der Waals surface area contributed by atoms with Gasteiger partial charge in [0.15, 0.2) is 0 Å². The van der Waals surface area contributed by atoms with Gasteiger partial charge in [0.05, 0.1) is 4.90 Å². The Morgan fingerprint density at radius 2 is 1.45 bits per heavy atom. The van der Waals surface area contributed by atoms with Crippen LogP contribution in [-0.2, 0) is 19.6 Å². The van der Waals surface area contributed by atoms with Crippen LogP contribution in [0.2, 0.25) is 5.15 Å². The third-order valence-corrected chi connectivity index (χ3v) is 5.29. The SMILES string of the molecule is NS(=O)(=O)c1ccc(NC(=O)/C(=C/c2cccnc2Cl)C(=O)Nc2ccccc2)cc1. The Balaban J connectivity index is 1.90. The lowest BCUT2D eigenvalue weighted by atomic mass is 10.1. The Labute approximate surface area is 183 Å². The number of hydrogen-bond acceptors (Lipinski definition) is 5. The molecule has 0 aliphatic heterocycles. The lowest BCUT2D eigenvalue weighted by Crippen LogP contribution is -2.25. The molecule has 0 saturated carbocycles. The van der Waals surface area contributed by atoms with Crippen LogP contribution >= 0.6 is 11.6 Å². The van der Waals surface area contributed by atoms with E-state index >= 15 is 0 Å². The number of nitrogens with two attached hydrogens (primary N) is 1. The zero-order valence-electron chi connectivity index (χ0n) is 15.9. The average Bonchev–Trinajstić information content (AvgIpc) is 2.73. The topological polar surface area (TPSA) is 131 Å². The summed E-state index contributed by atoms with van der Waals surface area (Å²) >= 11 is 6.07. The number of aromatic nitrogens is 1. The number of nitrogens with zero attached hydrogens (tertiary/aromatic N) is 1. The van der Waals surface area contributed by atoms with Gasteiger partial charge in [-0.3, -0.25) is 9.59 Å². The molecule has 3 aromatic rings. The Morgan fingerprint density at radius 3 is 2.00 bits per heavy atom. The van der Waals surface area contributed by atoms with Gasteiger partial charge in [-0.1, -0.05) is 35.9 Å². The first-order valence-corrected chi connectivity index (χ1v) is 10.8. The van der Waals surface area contributed by atoms with Crippen LogP contribution in [0, 0.1) is 0 Å². The van der Waals surface area contributed by atoms with Gasteiger partial charge in [-0.25, -0.2) is 18.5 Å². The number of pyridine rings is 1. The first-order chi connectivity index (χ1) is 14.7. The van der Waals surface area contributed by atoms with Crippen LogP contribution in [0.15, 0.2) is 83.4 Å². The van der Waals surface area contributed by atoms with Gasteiger partial charge in [-0.15, -0.1) is 0 Å². The number of halogens is 1. The minimum absolute atomic E-state index is 0.106. The summed E-state index contributed by atoms with van der Waals surface area (Å²) in [6.07, 6.45) is 2.80. The molecule has 0 bridgehead atoms. The molecule has 2 aromatic carbocycles. The van der Waals surface area contributed by atoms with Crippen molar-refractivity contribution in [2.45, 2.75) is 4.90 Å². The van der Waals surface area contributed by atoms with Gasteiger partial charge in [0.2, 0.25) is 10.0 Å². The van der Waals surface area contributed by atoms with Gasteiger partial charge in [-0.05, 0) is 48.5 Å². The summed E-state index contributed by atoms with van der Waals surface area (Å²) < 4.78 is 22.8. The van der Waals surface area contributed by atoms with E-state index in [1.807, 2.05) is 0 Å². The summed E-state index contributed by atoms with van der Waals surface area (Å²) in [7, 11) is -3.87. The standard InChI is InChI=1S/C21H17ClN4O4S/c22-19-14(5-4-12-24-19)13-18(20(27)25-15-6-2-1-3-7-15)21(28)26-16-8-10-17(11-9-16)31(23,29)30/h1-13H,(H,25,27)(H,26,28)(H2,23,29,30)/b18-13+. The molecule has 2 amide bonds. The lowest BCUT2D eigenvalue weighted by Gasteiger charge is -2.11. The highest BCUT2D eigenvalue weighted by atomic mass is 35.5. The van der Waals surface area contributed by atoms with Crippen molar-refractivity contribution in [2.75, 3.05) is 10.6 Å². The third-order valence-electron chi connectivity index (χ3n) is 4.05. The fourth-order valence-electron chi connectivity index (χ4n) is 2.54. The zero-order valence-corrected chi connectivity index (χ0v) is 17.5. The first kappa shape index (κ1) is 22.2. The monoisotopic (exact) mass is 456 g/mol. The highest BCUT2D eigenvalue weighted by Gasteiger charge is 2.20. The van der Waals surface area contributed by atoms with Gasteiger partial charge < -0.3 is 10.6 Å². The summed E-state index contributed by atoms with van der Waals surface area (Å²) in [5, 5.41) is 10.4. The molecule has 0 unspecified atom stereocenters. The molecule has 0 spiro atoms. The average molecular weight is 457 g/mol. The fraction of sp³-hybridized carbons (Fsp3) is 0. The predicted octanol–water partition coefficient (Wildman–Crippen LogP) is 3.04. The highest BCUT2D eigenvalue weighted by Crippen LogP contribution is 2.19. The van der Waals surface area contributed by atoms with Crippen molar-refractivity contribution >= 4 is 50.9 Å². The van der Waals surface area contributed by atoms with E-state index in [-0.39, 0.29) is 21.3 Å². The minimum atomic E-state index is -3.87. The predicted molar refractivity (Wildman–Crippen MR) is 119 cm³/mol. The Hall–Kier alpha value is -3.53. The number of carbonyl (C=O) groups is 2. The van der Waals surface area contributed by atoms with E-state index in [2.05, 4.69) is 15.6 Å². The number of primary sulfonamides is 1. The molecule has 0 atom stereocenters. The number of carbonyl (C=O) groups excluding carboxylic acids is 2. The second kappa shape index (κ2) is 9.52. The van der Waals surface area contributed by atoms with Crippen LogP contribution in [0.4, 0.5) is 11.4 Å². The molecule has 10 heteroatoms. The molecule has 1 heterocycles. The van der Waals surface area contributed by atoms with E-state index in [9.17, 15) is 18.0 Å². The maximum absolute atomic E-state index is 12.9. The molecule has 1 aromatic heterocycles. The molecular formula is C21H17ClN4O4S. The molecule has 0 fully saturated rings. The normalized spacial score (nSPS) is 11.6. The number of benzene rings is 2. The quantitative estimate of drug-likeness (QED) is 0.227. The highest BCUT2D eigenvalue weighted by molar-refractivity contribution is 7.89. The van der Waals surface area contributed by atoms with Crippen LogP contribution in [-0.4, -0.2) is 25.2 Å². The van der Waals surface area contributed by atoms with Gasteiger partial charge in [0.1, 0.15) is 10.7 Å². The molecular weight excluding hydrogens is 440 g/mol. The van der Waals surface area contributed by atoms with Crippen molar-refractivity contribution < 1.29 is 18.0 Å². The van der Waals surface area contributed by atoms with Gasteiger partial charge in [-0.2, -0.15) is 0 Å². The molecule has 4 N–H and O–H groups in total. The van der Waals surface area contributed by atoms with Crippen LogP contribution in [0.25, 0.3) is 6.08 Å². The second-order valence-corrected chi connectivity index (χ2v) is 8.20. The molecule has 0 aliphatic carbocycles. The number of hydrogen-bond donors (Lipinski definition) is 3. The van der Waals surface area contributed by atoms with E-state index in [0.717, 1.165) is 0 Å². The smallest absolute Gasteiger partial charge is 0.261 e. The second-order valence-electron chi connectivity index (χ2n) is 6.29. The van der Waals surface area contributed by atoms with Crippen molar-refractivity contribution in [2.24, 2.45) is 5.14 Å². The number of nitrogens with one attached hydrogen (secondary N) is 2. The van der Waals surface area contributed by atoms with Gasteiger partial charge in [0, 0.05) is 23.1 Å². The molecule has 8 nitrogen and oxygen atoms in total. The fourth-order valence-corrected chi connectivity index (χ4v) is 3.23.